The summed E-state index contributed by atoms with van der Waals surface area (Å²) < 4.78 is 1.63. The maximum atomic E-state index is 9.13. The van der Waals surface area contributed by atoms with E-state index in [0.717, 1.165) is 33.4 Å². The SMILES string of the molecule is CCCc1nc(Br)cc(Nc2cc(Br)ccc2C#N)n1. The van der Waals surface area contributed by atoms with Gasteiger partial charge in [0.25, 0.3) is 0 Å². The summed E-state index contributed by atoms with van der Waals surface area (Å²) >= 11 is 6.78. The molecule has 6 heteroatoms. The van der Waals surface area contributed by atoms with E-state index >= 15 is 0 Å². The summed E-state index contributed by atoms with van der Waals surface area (Å²) in [6.45, 7) is 2.08. The summed E-state index contributed by atoms with van der Waals surface area (Å²) in [4.78, 5) is 8.76. The molecule has 1 N–H and O–H groups in total. The smallest absolute Gasteiger partial charge is 0.135 e. The van der Waals surface area contributed by atoms with E-state index < -0.39 is 0 Å². The fourth-order valence-corrected chi connectivity index (χ4v) is 2.50. The van der Waals surface area contributed by atoms with Crippen LogP contribution in [0.1, 0.15) is 24.7 Å². The van der Waals surface area contributed by atoms with E-state index in [1.165, 1.54) is 0 Å². The number of aryl methyl sites for hydroxylation is 1. The van der Waals surface area contributed by atoms with Crippen LogP contribution >= 0.6 is 31.9 Å². The Kier molecular flexibility index (Phi) is 5.10. The third-order valence-electron chi connectivity index (χ3n) is 2.58. The zero-order chi connectivity index (χ0) is 14.5. The van der Waals surface area contributed by atoms with Crippen molar-refractivity contribution in [2.75, 3.05) is 5.32 Å². The summed E-state index contributed by atoms with van der Waals surface area (Å²) in [5, 5.41) is 12.3. The lowest BCUT2D eigenvalue weighted by molar-refractivity contribution is 0.831. The Morgan fingerprint density at radius 3 is 2.75 bits per heavy atom. The van der Waals surface area contributed by atoms with Crippen molar-refractivity contribution >= 4 is 43.4 Å². The third-order valence-corrected chi connectivity index (χ3v) is 3.48. The number of hydrogen-bond acceptors (Lipinski definition) is 4. The van der Waals surface area contributed by atoms with Gasteiger partial charge in [0.05, 0.1) is 11.3 Å². The monoisotopic (exact) mass is 394 g/mol. The minimum Gasteiger partial charge on any atom is -0.339 e. The summed E-state index contributed by atoms with van der Waals surface area (Å²) in [5.41, 5.74) is 1.29. The minimum absolute atomic E-state index is 0.569. The molecule has 0 aliphatic carbocycles. The molecule has 0 atom stereocenters. The van der Waals surface area contributed by atoms with Crippen LogP contribution in [0.15, 0.2) is 33.3 Å². The van der Waals surface area contributed by atoms with Crippen molar-refractivity contribution in [2.24, 2.45) is 0 Å². The van der Waals surface area contributed by atoms with E-state index in [4.69, 9.17) is 5.26 Å². The molecule has 20 heavy (non-hydrogen) atoms. The molecule has 0 unspecified atom stereocenters. The largest absolute Gasteiger partial charge is 0.339 e. The first-order valence-electron chi connectivity index (χ1n) is 6.12. The predicted molar refractivity (Wildman–Crippen MR) is 85.9 cm³/mol. The van der Waals surface area contributed by atoms with Crippen LogP contribution in [0.3, 0.4) is 0 Å². The van der Waals surface area contributed by atoms with E-state index in [-0.39, 0.29) is 0 Å². The van der Waals surface area contributed by atoms with E-state index in [9.17, 15) is 0 Å². The maximum Gasteiger partial charge on any atom is 0.135 e. The second-order valence-corrected chi connectivity index (χ2v) is 5.90. The van der Waals surface area contributed by atoms with Gasteiger partial charge in [-0.1, -0.05) is 22.9 Å². The highest BCUT2D eigenvalue weighted by atomic mass is 79.9. The van der Waals surface area contributed by atoms with Crippen LogP contribution in [0.5, 0.6) is 0 Å². The topological polar surface area (TPSA) is 61.6 Å². The van der Waals surface area contributed by atoms with Crippen molar-refractivity contribution in [3.05, 3.63) is 44.7 Å². The van der Waals surface area contributed by atoms with Crippen molar-refractivity contribution in [3.8, 4) is 6.07 Å². The van der Waals surface area contributed by atoms with Crippen molar-refractivity contribution in [1.82, 2.24) is 9.97 Å². The maximum absolute atomic E-state index is 9.13. The van der Waals surface area contributed by atoms with E-state index in [1.54, 1.807) is 12.1 Å². The number of nitrogens with zero attached hydrogens (tertiary/aromatic N) is 3. The zero-order valence-corrected chi connectivity index (χ0v) is 14.0. The number of hydrogen-bond donors (Lipinski definition) is 1. The normalized spacial score (nSPS) is 10.1. The van der Waals surface area contributed by atoms with Gasteiger partial charge in [0.15, 0.2) is 0 Å². The number of anilines is 2. The molecule has 2 aromatic rings. The lowest BCUT2D eigenvalue weighted by Gasteiger charge is -2.09. The number of halogens is 2. The average Bonchev–Trinajstić information content (AvgIpc) is 2.38. The summed E-state index contributed by atoms with van der Waals surface area (Å²) in [6.07, 6.45) is 1.80. The first-order chi connectivity index (χ1) is 9.62. The Bertz CT molecular complexity index is 665. The highest BCUT2D eigenvalue weighted by Crippen LogP contribution is 2.25. The molecule has 0 radical (unpaired) electrons. The summed E-state index contributed by atoms with van der Waals surface area (Å²) in [5.74, 6) is 1.45. The first kappa shape index (κ1) is 14.9. The number of rotatable bonds is 4. The number of aromatic nitrogens is 2. The molecule has 4 nitrogen and oxygen atoms in total. The van der Waals surface area contributed by atoms with Crippen LogP contribution in [0.4, 0.5) is 11.5 Å². The fraction of sp³-hybridized carbons (Fsp3) is 0.214. The zero-order valence-electron chi connectivity index (χ0n) is 10.8. The quantitative estimate of drug-likeness (QED) is 0.770. The average molecular weight is 396 g/mol. The lowest BCUT2D eigenvalue weighted by atomic mass is 10.2. The van der Waals surface area contributed by atoms with Gasteiger partial charge in [-0.2, -0.15) is 5.26 Å². The molecule has 1 aromatic heterocycles. The number of benzene rings is 1. The molecule has 1 heterocycles. The molecule has 0 saturated heterocycles. The molecule has 0 saturated carbocycles. The third kappa shape index (κ3) is 3.78. The molecular weight excluding hydrogens is 384 g/mol. The van der Waals surface area contributed by atoms with Gasteiger partial charge in [-0.05, 0) is 40.5 Å². The van der Waals surface area contributed by atoms with Crippen LogP contribution < -0.4 is 5.32 Å². The summed E-state index contributed by atoms with van der Waals surface area (Å²) in [6, 6.07) is 9.40. The molecular formula is C14H12Br2N4. The first-order valence-corrected chi connectivity index (χ1v) is 7.71. The van der Waals surface area contributed by atoms with Crippen molar-refractivity contribution < 1.29 is 0 Å². The van der Waals surface area contributed by atoms with Gasteiger partial charge in [-0.25, -0.2) is 9.97 Å². The van der Waals surface area contributed by atoms with E-state index in [0.29, 0.717) is 11.4 Å². The second-order valence-electron chi connectivity index (χ2n) is 4.17. The molecule has 2 rings (SSSR count). The van der Waals surface area contributed by atoms with Gasteiger partial charge >= 0.3 is 0 Å². The molecule has 1 aromatic carbocycles. The van der Waals surface area contributed by atoms with Crippen LogP contribution in [0.25, 0.3) is 0 Å². The van der Waals surface area contributed by atoms with Crippen molar-refractivity contribution in [1.29, 1.82) is 5.26 Å². The van der Waals surface area contributed by atoms with E-state index in [1.807, 2.05) is 12.1 Å². The van der Waals surface area contributed by atoms with Gasteiger partial charge in [-0.15, -0.1) is 0 Å². The number of nitrogens with one attached hydrogen (secondary N) is 1. The van der Waals surface area contributed by atoms with Gasteiger partial charge in [-0.3, -0.25) is 0 Å². The Morgan fingerprint density at radius 1 is 1.25 bits per heavy atom. The number of nitriles is 1. The molecule has 0 amide bonds. The summed E-state index contributed by atoms with van der Waals surface area (Å²) in [7, 11) is 0. The highest BCUT2D eigenvalue weighted by molar-refractivity contribution is 9.10. The van der Waals surface area contributed by atoms with Gasteiger partial charge < -0.3 is 5.32 Å². The lowest BCUT2D eigenvalue weighted by Crippen LogP contribution is -2.01. The Balaban J connectivity index is 2.35. The molecule has 102 valence electrons. The van der Waals surface area contributed by atoms with Crippen LogP contribution in [-0.4, -0.2) is 9.97 Å². The van der Waals surface area contributed by atoms with Crippen molar-refractivity contribution in [3.63, 3.8) is 0 Å². The standard InChI is InChI=1S/C14H12Br2N4/c1-2-3-13-19-12(16)7-14(20-13)18-11-6-10(15)5-4-9(11)8-17/h4-7H,2-3H2,1H3,(H,18,19,20). The van der Waals surface area contributed by atoms with Gasteiger partial charge in [0.2, 0.25) is 0 Å². The highest BCUT2D eigenvalue weighted by Gasteiger charge is 2.07. The van der Waals surface area contributed by atoms with Crippen molar-refractivity contribution in [2.45, 2.75) is 19.8 Å². The second kappa shape index (κ2) is 6.82. The van der Waals surface area contributed by atoms with E-state index in [2.05, 4.69) is 60.1 Å². The minimum atomic E-state index is 0.569. The Labute approximate surface area is 134 Å². The van der Waals surface area contributed by atoms with Crippen LogP contribution in [0, 0.1) is 11.3 Å². The van der Waals surface area contributed by atoms with Crippen LogP contribution in [0.2, 0.25) is 0 Å². The molecule has 0 bridgehead atoms. The molecule has 0 aliphatic rings. The fourth-order valence-electron chi connectivity index (χ4n) is 1.72. The Hall–Kier alpha value is -1.45. The van der Waals surface area contributed by atoms with Gasteiger partial charge in [0.1, 0.15) is 22.3 Å². The molecule has 0 spiro atoms. The van der Waals surface area contributed by atoms with Gasteiger partial charge in [0, 0.05) is 17.0 Å². The molecule has 0 fully saturated rings. The Morgan fingerprint density at radius 2 is 2.05 bits per heavy atom. The molecule has 0 aliphatic heterocycles. The predicted octanol–water partition coefficient (Wildman–Crippen LogP) is 4.57. The van der Waals surface area contributed by atoms with Crippen LogP contribution in [-0.2, 0) is 6.42 Å².